The summed E-state index contributed by atoms with van der Waals surface area (Å²) in [5, 5.41) is 8.70. The summed E-state index contributed by atoms with van der Waals surface area (Å²) in [5.74, 6) is 0.442. The Morgan fingerprint density at radius 3 is 2.87 bits per heavy atom. The molecule has 0 bridgehead atoms. The third-order valence-electron chi connectivity index (χ3n) is 2.00. The van der Waals surface area contributed by atoms with Crippen molar-refractivity contribution in [3.05, 3.63) is 42.0 Å². The van der Waals surface area contributed by atoms with Gasteiger partial charge in [0, 0.05) is 5.56 Å². The summed E-state index contributed by atoms with van der Waals surface area (Å²) in [6.07, 6.45) is 1.66. The zero-order valence-electron chi connectivity index (χ0n) is 8.69. The van der Waals surface area contributed by atoms with Crippen LogP contribution < -0.4 is 4.74 Å². The van der Waals surface area contributed by atoms with Gasteiger partial charge in [-0.3, -0.25) is 4.79 Å². The van der Waals surface area contributed by atoms with E-state index in [2.05, 4.69) is 6.58 Å². The van der Waals surface area contributed by atoms with Crippen molar-refractivity contribution in [1.29, 1.82) is 0 Å². The number of aliphatic hydroxyl groups excluding tert-OH is 1. The van der Waals surface area contributed by atoms with Gasteiger partial charge < -0.3 is 9.84 Å². The molecule has 0 aromatic heterocycles. The van der Waals surface area contributed by atoms with Crippen molar-refractivity contribution in [2.45, 2.75) is 6.92 Å². The number of carbonyl (C=O) groups is 1. The fraction of sp³-hybridized carbons (Fsp3) is 0.250. The molecule has 0 spiro atoms. The summed E-state index contributed by atoms with van der Waals surface area (Å²) < 4.78 is 5.36. The van der Waals surface area contributed by atoms with E-state index in [1.165, 1.54) is 0 Å². The first-order valence-electron chi connectivity index (χ1n) is 4.67. The monoisotopic (exact) mass is 206 g/mol. The van der Waals surface area contributed by atoms with Gasteiger partial charge in [-0.25, -0.2) is 0 Å². The number of benzene rings is 1. The topological polar surface area (TPSA) is 46.5 Å². The highest BCUT2D eigenvalue weighted by atomic mass is 16.5. The van der Waals surface area contributed by atoms with Crippen LogP contribution in [0.3, 0.4) is 0 Å². The third-order valence-corrected chi connectivity index (χ3v) is 2.00. The van der Waals surface area contributed by atoms with Crippen LogP contribution in [0.5, 0.6) is 5.75 Å². The molecule has 0 atom stereocenters. The minimum atomic E-state index is -0.466. The minimum Gasteiger partial charge on any atom is -0.489 e. The van der Waals surface area contributed by atoms with Crippen LogP contribution in [0, 0.1) is 6.92 Å². The number of Topliss-reactive ketones (excluding diaryl/α,β-unsaturated/α-hetero) is 1. The number of aryl methyl sites for hydroxylation is 1. The summed E-state index contributed by atoms with van der Waals surface area (Å²) in [6, 6.07) is 5.07. The SMILES string of the molecule is C=CCOc1ccc(C(=O)CO)cc1C. The molecule has 1 aromatic rings. The molecule has 0 heterocycles. The van der Waals surface area contributed by atoms with Crippen molar-refractivity contribution in [3.8, 4) is 5.75 Å². The number of rotatable bonds is 5. The van der Waals surface area contributed by atoms with Gasteiger partial charge >= 0.3 is 0 Å². The van der Waals surface area contributed by atoms with E-state index >= 15 is 0 Å². The van der Waals surface area contributed by atoms with Gasteiger partial charge in [-0.05, 0) is 30.7 Å². The fourth-order valence-electron chi connectivity index (χ4n) is 1.22. The van der Waals surface area contributed by atoms with E-state index < -0.39 is 6.61 Å². The molecule has 1 rings (SSSR count). The smallest absolute Gasteiger partial charge is 0.188 e. The molecular weight excluding hydrogens is 192 g/mol. The van der Waals surface area contributed by atoms with Crippen LogP contribution in [0.15, 0.2) is 30.9 Å². The molecule has 0 radical (unpaired) electrons. The van der Waals surface area contributed by atoms with E-state index in [1.54, 1.807) is 24.3 Å². The maximum absolute atomic E-state index is 11.2. The normalized spacial score (nSPS) is 9.73. The van der Waals surface area contributed by atoms with Crippen LogP contribution in [-0.4, -0.2) is 24.1 Å². The van der Waals surface area contributed by atoms with Gasteiger partial charge in [0.15, 0.2) is 5.78 Å². The standard InChI is InChI=1S/C12H14O3/c1-3-6-15-12-5-4-10(7-9(12)2)11(14)8-13/h3-5,7,13H,1,6,8H2,2H3. The van der Waals surface area contributed by atoms with Gasteiger partial charge in [0.1, 0.15) is 19.0 Å². The Kier molecular flexibility index (Phi) is 4.06. The van der Waals surface area contributed by atoms with E-state index in [0.29, 0.717) is 12.2 Å². The van der Waals surface area contributed by atoms with Crippen molar-refractivity contribution < 1.29 is 14.6 Å². The number of hydrogen-bond donors (Lipinski definition) is 1. The molecule has 3 nitrogen and oxygen atoms in total. The number of carbonyl (C=O) groups excluding carboxylic acids is 1. The zero-order valence-corrected chi connectivity index (χ0v) is 8.69. The van der Waals surface area contributed by atoms with E-state index in [1.807, 2.05) is 6.92 Å². The highest BCUT2D eigenvalue weighted by Crippen LogP contribution is 2.19. The Morgan fingerprint density at radius 2 is 2.33 bits per heavy atom. The van der Waals surface area contributed by atoms with E-state index in [4.69, 9.17) is 9.84 Å². The zero-order chi connectivity index (χ0) is 11.3. The van der Waals surface area contributed by atoms with Crippen LogP contribution in [-0.2, 0) is 0 Å². The van der Waals surface area contributed by atoms with Gasteiger partial charge in [0.2, 0.25) is 0 Å². The van der Waals surface area contributed by atoms with Crippen LogP contribution in [0.4, 0.5) is 0 Å². The Hall–Kier alpha value is -1.61. The number of ketones is 1. The Bertz CT molecular complexity index is 369. The lowest BCUT2D eigenvalue weighted by Crippen LogP contribution is -2.05. The van der Waals surface area contributed by atoms with Crippen molar-refractivity contribution in [1.82, 2.24) is 0 Å². The van der Waals surface area contributed by atoms with Gasteiger partial charge in [-0.2, -0.15) is 0 Å². The van der Waals surface area contributed by atoms with Crippen molar-refractivity contribution in [3.63, 3.8) is 0 Å². The first-order valence-corrected chi connectivity index (χ1v) is 4.67. The Balaban J connectivity index is 2.87. The molecule has 0 aliphatic rings. The largest absolute Gasteiger partial charge is 0.489 e. The molecule has 1 N–H and O–H groups in total. The first kappa shape index (κ1) is 11.5. The van der Waals surface area contributed by atoms with Crippen LogP contribution in [0.25, 0.3) is 0 Å². The van der Waals surface area contributed by atoms with Crippen LogP contribution >= 0.6 is 0 Å². The predicted octanol–water partition coefficient (Wildman–Crippen LogP) is 1.73. The molecule has 15 heavy (non-hydrogen) atoms. The van der Waals surface area contributed by atoms with Gasteiger partial charge in [-0.1, -0.05) is 12.7 Å². The van der Waals surface area contributed by atoms with Crippen molar-refractivity contribution in [2.75, 3.05) is 13.2 Å². The second-order valence-electron chi connectivity index (χ2n) is 3.16. The predicted molar refractivity (Wildman–Crippen MR) is 58.3 cm³/mol. The maximum Gasteiger partial charge on any atom is 0.188 e. The number of hydrogen-bond acceptors (Lipinski definition) is 3. The molecule has 0 fully saturated rings. The van der Waals surface area contributed by atoms with Gasteiger partial charge in [-0.15, -0.1) is 0 Å². The second-order valence-corrected chi connectivity index (χ2v) is 3.16. The molecule has 0 unspecified atom stereocenters. The Morgan fingerprint density at radius 1 is 1.60 bits per heavy atom. The van der Waals surface area contributed by atoms with E-state index in [9.17, 15) is 4.79 Å². The summed E-state index contributed by atoms with van der Waals surface area (Å²) in [7, 11) is 0. The molecule has 0 saturated carbocycles. The average molecular weight is 206 g/mol. The fourth-order valence-corrected chi connectivity index (χ4v) is 1.22. The van der Waals surface area contributed by atoms with Crippen LogP contribution in [0.1, 0.15) is 15.9 Å². The van der Waals surface area contributed by atoms with Crippen LogP contribution in [0.2, 0.25) is 0 Å². The molecule has 1 aromatic carbocycles. The summed E-state index contributed by atoms with van der Waals surface area (Å²) in [5.41, 5.74) is 1.37. The molecule has 0 saturated heterocycles. The van der Waals surface area contributed by atoms with Crippen molar-refractivity contribution in [2.24, 2.45) is 0 Å². The Labute approximate surface area is 89.0 Å². The van der Waals surface area contributed by atoms with E-state index in [-0.39, 0.29) is 5.78 Å². The highest BCUT2D eigenvalue weighted by molar-refractivity contribution is 5.97. The lowest BCUT2D eigenvalue weighted by Gasteiger charge is -2.08. The summed E-state index contributed by atoms with van der Waals surface area (Å²) >= 11 is 0. The second kappa shape index (κ2) is 5.32. The molecule has 0 amide bonds. The van der Waals surface area contributed by atoms with Gasteiger partial charge in [0.25, 0.3) is 0 Å². The molecule has 3 heteroatoms. The quantitative estimate of drug-likeness (QED) is 0.589. The highest BCUT2D eigenvalue weighted by Gasteiger charge is 2.06. The third kappa shape index (κ3) is 2.92. The van der Waals surface area contributed by atoms with E-state index in [0.717, 1.165) is 11.3 Å². The summed E-state index contributed by atoms with van der Waals surface area (Å²) in [6.45, 7) is 5.38. The lowest BCUT2D eigenvalue weighted by molar-refractivity contribution is 0.0903. The average Bonchev–Trinajstić information content (AvgIpc) is 2.26. The molecule has 80 valence electrons. The van der Waals surface area contributed by atoms with Crippen molar-refractivity contribution >= 4 is 5.78 Å². The molecular formula is C12H14O3. The summed E-state index contributed by atoms with van der Waals surface area (Å²) in [4.78, 5) is 11.2. The number of aliphatic hydroxyl groups is 1. The first-order chi connectivity index (χ1) is 7.19. The minimum absolute atomic E-state index is 0.284. The number of ether oxygens (including phenoxy) is 1. The lowest BCUT2D eigenvalue weighted by atomic mass is 10.1. The van der Waals surface area contributed by atoms with Gasteiger partial charge in [0.05, 0.1) is 0 Å². The maximum atomic E-state index is 11.2. The molecule has 0 aliphatic carbocycles. The molecule has 0 aliphatic heterocycles.